The number of rotatable bonds is 5. The molecular formula is C11H14N2O4. The van der Waals surface area contributed by atoms with Crippen molar-refractivity contribution in [3.63, 3.8) is 0 Å². The first-order valence-corrected chi connectivity index (χ1v) is 4.83. The molecule has 0 bridgehead atoms. The molecule has 0 saturated carbocycles. The molecule has 0 amide bonds. The monoisotopic (exact) mass is 238 g/mol. The topological polar surface area (TPSA) is 80.2 Å². The van der Waals surface area contributed by atoms with E-state index in [-0.39, 0.29) is 11.3 Å². The summed E-state index contributed by atoms with van der Waals surface area (Å²) in [5, 5.41) is 13.0. The molecule has 0 aliphatic carbocycles. The number of hydrazone groups is 1. The number of ether oxygens (including phenoxy) is 2. The average molecular weight is 238 g/mol. The van der Waals surface area contributed by atoms with Crippen LogP contribution in [0.4, 0.5) is 0 Å². The van der Waals surface area contributed by atoms with Gasteiger partial charge in [-0.1, -0.05) is 0 Å². The highest BCUT2D eigenvalue weighted by molar-refractivity contribution is 6.01. The third-order valence-electron chi connectivity index (χ3n) is 2.12. The van der Waals surface area contributed by atoms with Crippen LogP contribution in [0.1, 0.15) is 15.9 Å². The van der Waals surface area contributed by atoms with Crippen molar-refractivity contribution in [2.75, 3.05) is 21.3 Å². The fourth-order valence-electron chi connectivity index (χ4n) is 1.40. The van der Waals surface area contributed by atoms with Gasteiger partial charge in [-0.3, -0.25) is 0 Å². The number of hydrogen-bond acceptors (Lipinski definition) is 5. The Bertz CT molecular complexity index is 443. The van der Waals surface area contributed by atoms with Gasteiger partial charge in [0, 0.05) is 12.6 Å². The van der Waals surface area contributed by atoms with E-state index in [9.17, 15) is 9.90 Å². The molecule has 2 N–H and O–H groups in total. The number of hydrogen-bond donors (Lipinski definition) is 2. The summed E-state index contributed by atoms with van der Waals surface area (Å²) < 4.78 is 10.1. The Morgan fingerprint density at radius 1 is 1.41 bits per heavy atom. The molecule has 0 atom stereocenters. The quantitative estimate of drug-likeness (QED) is 0.590. The predicted octanol–water partition coefficient (Wildman–Crippen LogP) is 0.955. The number of carboxylic acid groups (broad SMARTS) is 1. The number of aromatic carboxylic acids is 1. The molecule has 92 valence electrons. The van der Waals surface area contributed by atoms with E-state index in [1.807, 2.05) is 0 Å². The van der Waals surface area contributed by atoms with E-state index in [0.29, 0.717) is 11.3 Å². The Morgan fingerprint density at radius 3 is 2.59 bits per heavy atom. The van der Waals surface area contributed by atoms with E-state index >= 15 is 0 Å². The molecule has 0 radical (unpaired) electrons. The normalized spacial score (nSPS) is 10.3. The Kier molecular flexibility index (Phi) is 4.33. The third-order valence-corrected chi connectivity index (χ3v) is 2.12. The second-order valence-corrected chi connectivity index (χ2v) is 3.05. The van der Waals surface area contributed by atoms with Crippen molar-refractivity contribution in [3.05, 3.63) is 23.3 Å². The van der Waals surface area contributed by atoms with Gasteiger partial charge in [0.25, 0.3) is 0 Å². The Hall–Kier alpha value is -2.24. The maximum absolute atomic E-state index is 11.2. The lowest BCUT2D eigenvalue weighted by Crippen LogP contribution is -2.07. The largest absolute Gasteiger partial charge is 0.493 e. The molecule has 6 nitrogen and oxygen atoms in total. The molecule has 0 aliphatic heterocycles. The van der Waals surface area contributed by atoms with Crippen molar-refractivity contribution in [2.45, 2.75) is 0 Å². The molecule has 6 heteroatoms. The van der Waals surface area contributed by atoms with E-state index < -0.39 is 5.97 Å². The lowest BCUT2D eigenvalue weighted by Gasteiger charge is -2.12. The van der Waals surface area contributed by atoms with Crippen LogP contribution in [0.3, 0.4) is 0 Å². The van der Waals surface area contributed by atoms with E-state index in [1.54, 1.807) is 19.2 Å². The van der Waals surface area contributed by atoms with Crippen molar-refractivity contribution in [1.29, 1.82) is 0 Å². The van der Waals surface area contributed by atoms with Gasteiger partial charge in [-0.05, 0) is 12.1 Å². The molecule has 0 aromatic heterocycles. The molecule has 0 saturated heterocycles. The van der Waals surface area contributed by atoms with Gasteiger partial charge in [0.2, 0.25) is 0 Å². The van der Waals surface area contributed by atoms with Gasteiger partial charge in [-0.25, -0.2) is 4.79 Å². The minimum Gasteiger partial charge on any atom is -0.493 e. The molecular weight excluding hydrogens is 224 g/mol. The van der Waals surface area contributed by atoms with E-state index in [4.69, 9.17) is 9.47 Å². The van der Waals surface area contributed by atoms with Crippen LogP contribution in [-0.4, -0.2) is 38.6 Å². The average Bonchev–Trinajstić information content (AvgIpc) is 2.34. The molecule has 0 spiro atoms. The minimum absolute atomic E-state index is 0.0193. The highest BCUT2D eigenvalue weighted by Gasteiger charge is 2.19. The number of nitrogens with zero attached hydrogens (tertiary/aromatic N) is 1. The second-order valence-electron chi connectivity index (χ2n) is 3.05. The van der Waals surface area contributed by atoms with Gasteiger partial charge in [0.1, 0.15) is 5.56 Å². The molecule has 0 fully saturated rings. The van der Waals surface area contributed by atoms with Gasteiger partial charge in [-0.2, -0.15) is 5.10 Å². The second kappa shape index (κ2) is 5.74. The number of methoxy groups -OCH3 is 2. The standard InChI is InChI=1S/C11H14N2O4/c1-12-13-6-7-4-5-8(16-2)10(17-3)9(7)11(14)15/h4-6,12H,1-3H3,(H,14,15). The van der Waals surface area contributed by atoms with Crippen molar-refractivity contribution >= 4 is 12.2 Å². The first-order valence-electron chi connectivity index (χ1n) is 4.83. The lowest BCUT2D eigenvalue weighted by atomic mass is 10.1. The van der Waals surface area contributed by atoms with Gasteiger partial charge in [0.05, 0.1) is 20.4 Å². The van der Waals surface area contributed by atoms with Crippen LogP contribution >= 0.6 is 0 Å². The minimum atomic E-state index is -1.10. The molecule has 1 aromatic carbocycles. The van der Waals surface area contributed by atoms with Gasteiger partial charge in [0.15, 0.2) is 11.5 Å². The summed E-state index contributed by atoms with van der Waals surface area (Å²) in [7, 11) is 4.46. The van der Waals surface area contributed by atoms with Crippen molar-refractivity contribution < 1.29 is 19.4 Å². The molecule has 1 rings (SSSR count). The maximum atomic E-state index is 11.2. The Balaban J connectivity index is 3.42. The first-order chi connectivity index (χ1) is 8.15. The Morgan fingerprint density at radius 2 is 2.12 bits per heavy atom. The number of carbonyl (C=O) groups is 1. The predicted molar refractivity (Wildman–Crippen MR) is 63.2 cm³/mol. The molecule has 1 aromatic rings. The van der Waals surface area contributed by atoms with Crippen LogP contribution < -0.4 is 14.9 Å². The highest BCUT2D eigenvalue weighted by Crippen LogP contribution is 2.32. The molecule has 0 unspecified atom stereocenters. The first kappa shape index (κ1) is 12.8. The summed E-state index contributed by atoms with van der Waals surface area (Å²) in [5.74, 6) is -0.551. The molecule has 0 heterocycles. The lowest BCUT2D eigenvalue weighted by molar-refractivity contribution is 0.0692. The highest BCUT2D eigenvalue weighted by atomic mass is 16.5. The zero-order valence-corrected chi connectivity index (χ0v) is 9.85. The number of benzene rings is 1. The van der Waals surface area contributed by atoms with Crippen LogP contribution in [-0.2, 0) is 0 Å². The summed E-state index contributed by atoms with van der Waals surface area (Å²) in [6, 6.07) is 3.23. The van der Waals surface area contributed by atoms with Gasteiger partial charge in [-0.15, -0.1) is 0 Å². The van der Waals surface area contributed by atoms with Crippen molar-refractivity contribution in [2.24, 2.45) is 5.10 Å². The fraction of sp³-hybridized carbons (Fsp3) is 0.273. The van der Waals surface area contributed by atoms with Crippen LogP contribution in [0.5, 0.6) is 11.5 Å². The zero-order chi connectivity index (χ0) is 12.8. The van der Waals surface area contributed by atoms with Crippen molar-refractivity contribution in [1.82, 2.24) is 5.43 Å². The summed E-state index contributed by atoms with van der Waals surface area (Å²) in [6.45, 7) is 0. The SMILES string of the molecule is CNN=Cc1ccc(OC)c(OC)c1C(=O)O. The third kappa shape index (κ3) is 2.66. The molecule has 0 aliphatic rings. The summed E-state index contributed by atoms with van der Waals surface area (Å²) in [4.78, 5) is 11.2. The fourth-order valence-corrected chi connectivity index (χ4v) is 1.40. The van der Waals surface area contributed by atoms with Crippen LogP contribution in [0, 0.1) is 0 Å². The maximum Gasteiger partial charge on any atom is 0.340 e. The van der Waals surface area contributed by atoms with Gasteiger partial charge >= 0.3 is 5.97 Å². The van der Waals surface area contributed by atoms with Crippen LogP contribution in [0.15, 0.2) is 17.2 Å². The number of nitrogens with one attached hydrogen (secondary N) is 1. The van der Waals surface area contributed by atoms with E-state index in [2.05, 4.69) is 10.5 Å². The number of carboxylic acids is 1. The van der Waals surface area contributed by atoms with E-state index in [1.165, 1.54) is 20.4 Å². The summed E-state index contributed by atoms with van der Waals surface area (Å²) >= 11 is 0. The summed E-state index contributed by atoms with van der Waals surface area (Å²) in [5.41, 5.74) is 3.01. The zero-order valence-electron chi connectivity index (χ0n) is 9.85. The molecule has 17 heavy (non-hydrogen) atoms. The van der Waals surface area contributed by atoms with Crippen molar-refractivity contribution in [3.8, 4) is 11.5 Å². The van der Waals surface area contributed by atoms with E-state index in [0.717, 1.165) is 0 Å². The van der Waals surface area contributed by atoms with Crippen LogP contribution in [0.2, 0.25) is 0 Å². The Labute approximate surface area is 98.9 Å². The van der Waals surface area contributed by atoms with Crippen LogP contribution in [0.25, 0.3) is 0 Å². The smallest absolute Gasteiger partial charge is 0.340 e. The summed E-state index contributed by atoms with van der Waals surface area (Å²) in [6.07, 6.45) is 1.41. The van der Waals surface area contributed by atoms with Gasteiger partial charge < -0.3 is 20.0 Å².